The fraction of sp³-hybridized carbons (Fsp3) is 0.364. The van der Waals surface area contributed by atoms with E-state index in [0.717, 1.165) is 10.0 Å². The highest BCUT2D eigenvalue weighted by Crippen LogP contribution is 2.36. The van der Waals surface area contributed by atoms with Gasteiger partial charge in [-0.25, -0.2) is 0 Å². The number of hydrogen-bond donors (Lipinski definition) is 2. The number of nitrogens with one attached hydrogen (secondary N) is 2. The molecular formula is C22H25BrN2O4. The van der Waals surface area contributed by atoms with Crippen LogP contribution in [0, 0.1) is 0 Å². The van der Waals surface area contributed by atoms with Gasteiger partial charge in [0.25, 0.3) is 5.91 Å². The largest absolute Gasteiger partial charge is 0.484 e. The second-order valence-corrected chi connectivity index (χ2v) is 7.84. The molecule has 0 unspecified atom stereocenters. The van der Waals surface area contributed by atoms with E-state index in [2.05, 4.69) is 26.6 Å². The fourth-order valence-electron chi connectivity index (χ4n) is 3.42. The Kier molecular flexibility index (Phi) is 7.28. The Balaban J connectivity index is 1.69. The van der Waals surface area contributed by atoms with E-state index in [1.165, 1.54) is 0 Å². The van der Waals surface area contributed by atoms with Crippen molar-refractivity contribution in [2.45, 2.75) is 25.2 Å². The highest BCUT2D eigenvalue weighted by molar-refractivity contribution is 9.10. The smallest absolute Gasteiger partial charge is 0.257 e. The van der Waals surface area contributed by atoms with Gasteiger partial charge in [-0.1, -0.05) is 28.1 Å². The molecule has 1 aliphatic rings. The molecule has 1 saturated heterocycles. The highest BCUT2D eigenvalue weighted by Gasteiger charge is 2.41. The van der Waals surface area contributed by atoms with Gasteiger partial charge >= 0.3 is 0 Å². The van der Waals surface area contributed by atoms with Crippen molar-refractivity contribution in [3.05, 3.63) is 58.6 Å². The third kappa shape index (κ3) is 5.36. The van der Waals surface area contributed by atoms with Crippen molar-refractivity contribution in [2.24, 2.45) is 0 Å². The average Bonchev–Trinajstić information content (AvgIpc) is 2.74. The Labute approximate surface area is 179 Å². The third-order valence-corrected chi connectivity index (χ3v) is 5.56. The summed E-state index contributed by atoms with van der Waals surface area (Å²) in [7, 11) is 0. The van der Waals surface area contributed by atoms with Crippen molar-refractivity contribution in [3.63, 3.8) is 0 Å². The van der Waals surface area contributed by atoms with E-state index in [0.29, 0.717) is 44.0 Å². The molecule has 154 valence electrons. The lowest BCUT2D eigenvalue weighted by Gasteiger charge is -2.36. The van der Waals surface area contributed by atoms with E-state index < -0.39 is 5.41 Å². The molecule has 29 heavy (non-hydrogen) atoms. The minimum Gasteiger partial charge on any atom is -0.484 e. The van der Waals surface area contributed by atoms with Crippen molar-refractivity contribution in [1.29, 1.82) is 0 Å². The Hall–Kier alpha value is -2.38. The molecule has 1 fully saturated rings. The summed E-state index contributed by atoms with van der Waals surface area (Å²) < 4.78 is 11.9. The van der Waals surface area contributed by atoms with Gasteiger partial charge in [-0.15, -0.1) is 0 Å². The van der Waals surface area contributed by atoms with Gasteiger partial charge in [0.2, 0.25) is 5.91 Å². The lowest BCUT2D eigenvalue weighted by atomic mass is 9.73. The van der Waals surface area contributed by atoms with Gasteiger partial charge in [0.05, 0.1) is 5.41 Å². The molecule has 7 heteroatoms. The van der Waals surface area contributed by atoms with Crippen molar-refractivity contribution in [2.75, 3.05) is 31.7 Å². The van der Waals surface area contributed by atoms with Crippen LogP contribution in [-0.4, -0.2) is 38.2 Å². The third-order valence-electron chi connectivity index (χ3n) is 5.03. The number of carbonyl (C=O) groups excluding carboxylic acids is 2. The Morgan fingerprint density at radius 2 is 1.72 bits per heavy atom. The van der Waals surface area contributed by atoms with Crippen molar-refractivity contribution in [3.8, 4) is 5.75 Å². The molecule has 3 rings (SSSR count). The summed E-state index contributed by atoms with van der Waals surface area (Å²) in [4.78, 5) is 24.8. The van der Waals surface area contributed by atoms with Crippen LogP contribution in [0.25, 0.3) is 0 Å². The van der Waals surface area contributed by atoms with Gasteiger partial charge in [-0.05, 0) is 61.7 Å². The first-order valence-corrected chi connectivity index (χ1v) is 10.5. The van der Waals surface area contributed by atoms with E-state index in [4.69, 9.17) is 9.47 Å². The van der Waals surface area contributed by atoms with Gasteiger partial charge in [-0.3, -0.25) is 9.59 Å². The van der Waals surface area contributed by atoms with Crippen LogP contribution in [0.5, 0.6) is 5.75 Å². The molecule has 0 bridgehead atoms. The van der Waals surface area contributed by atoms with Crippen LogP contribution in [0.4, 0.5) is 5.69 Å². The van der Waals surface area contributed by atoms with E-state index >= 15 is 0 Å². The predicted molar refractivity (Wildman–Crippen MR) is 115 cm³/mol. The maximum Gasteiger partial charge on any atom is 0.257 e. The Bertz CT molecular complexity index is 831. The molecule has 0 saturated carbocycles. The molecule has 0 aromatic heterocycles. The number of likely N-dealkylation sites (N-methyl/N-ethyl adjacent to an activating group) is 1. The molecule has 1 heterocycles. The maximum atomic E-state index is 13.3. The van der Waals surface area contributed by atoms with E-state index in [1.54, 1.807) is 24.3 Å². The average molecular weight is 461 g/mol. The van der Waals surface area contributed by atoms with E-state index in [-0.39, 0.29) is 18.4 Å². The minimum atomic E-state index is -0.619. The van der Waals surface area contributed by atoms with Crippen molar-refractivity contribution < 1.29 is 19.1 Å². The number of halogens is 1. The second-order valence-electron chi connectivity index (χ2n) is 6.92. The van der Waals surface area contributed by atoms with Crippen molar-refractivity contribution in [1.82, 2.24) is 5.32 Å². The Morgan fingerprint density at radius 3 is 2.34 bits per heavy atom. The molecule has 1 aliphatic heterocycles. The summed E-state index contributed by atoms with van der Waals surface area (Å²) in [6.45, 7) is 3.49. The first-order valence-electron chi connectivity index (χ1n) is 9.68. The Morgan fingerprint density at radius 1 is 1.07 bits per heavy atom. The van der Waals surface area contributed by atoms with Crippen LogP contribution in [-0.2, 0) is 19.7 Å². The van der Waals surface area contributed by atoms with Gasteiger partial charge < -0.3 is 20.1 Å². The summed E-state index contributed by atoms with van der Waals surface area (Å²) in [5.74, 6) is 0.364. The molecule has 2 N–H and O–H groups in total. The zero-order valence-corrected chi connectivity index (χ0v) is 18.0. The SMILES string of the molecule is CCNC(=O)COc1ccc(NC(=O)C2(c3ccc(Br)cc3)CCOCC2)cc1. The summed E-state index contributed by atoms with van der Waals surface area (Å²) in [6.07, 6.45) is 1.27. The van der Waals surface area contributed by atoms with Gasteiger partial charge in [0.1, 0.15) is 5.75 Å². The standard InChI is InChI=1S/C22H25BrN2O4/c1-2-24-20(26)15-29-19-9-7-18(8-10-19)25-21(27)22(11-13-28-14-12-22)16-3-5-17(23)6-4-16/h3-10H,2,11-15H2,1H3,(H,24,26)(H,25,27). The number of benzene rings is 2. The van der Waals surface area contributed by atoms with Crippen LogP contribution in [0.3, 0.4) is 0 Å². The lowest BCUT2D eigenvalue weighted by Crippen LogP contribution is -2.44. The number of ether oxygens (including phenoxy) is 2. The quantitative estimate of drug-likeness (QED) is 0.660. The molecule has 2 aromatic rings. The molecule has 6 nitrogen and oxygen atoms in total. The topological polar surface area (TPSA) is 76.7 Å². The number of hydrogen-bond acceptors (Lipinski definition) is 4. The van der Waals surface area contributed by atoms with Crippen LogP contribution in [0.15, 0.2) is 53.0 Å². The van der Waals surface area contributed by atoms with Crippen LogP contribution >= 0.6 is 15.9 Å². The first-order chi connectivity index (χ1) is 14.0. The van der Waals surface area contributed by atoms with Gasteiger partial charge in [-0.2, -0.15) is 0 Å². The summed E-state index contributed by atoms with van der Waals surface area (Å²) in [5, 5.41) is 5.72. The van der Waals surface area contributed by atoms with Gasteiger partial charge in [0, 0.05) is 29.9 Å². The van der Waals surface area contributed by atoms with Gasteiger partial charge in [0.15, 0.2) is 6.61 Å². The summed E-state index contributed by atoms with van der Waals surface area (Å²) >= 11 is 3.45. The first kappa shape index (κ1) is 21.3. The maximum absolute atomic E-state index is 13.3. The number of rotatable bonds is 7. The molecule has 2 aromatic carbocycles. The highest BCUT2D eigenvalue weighted by atomic mass is 79.9. The molecule has 0 atom stereocenters. The lowest BCUT2D eigenvalue weighted by molar-refractivity contribution is -0.125. The van der Waals surface area contributed by atoms with E-state index in [9.17, 15) is 9.59 Å². The van der Waals surface area contributed by atoms with Crippen LogP contribution in [0.2, 0.25) is 0 Å². The van der Waals surface area contributed by atoms with E-state index in [1.807, 2.05) is 31.2 Å². The summed E-state index contributed by atoms with van der Waals surface area (Å²) in [5.41, 5.74) is 1.05. The zero-order valence-electron chi connectivity index (χ0n) is 16.4. The molecule has 2 amide bonds. The minimum absolute atomic E-state index is 0.0355. The van der Waals surface area contributed by atoms with Crippen molar-refractivity contribution >= 4 is 33.4 Å². The van der Waals surface area contributed by atoms with Crippen LogP contribution in [0.1, 0.15) is 25.3 Å². The molecule has 0 spiro atoms. The molecule has 0 aliphatic carbocycles. The molecule has 0 radical (unpaired) electrons. The summed E-state index contributed by atoms with van der Waals surface area (Å²) in [6, 6.07) is 14.9. The second kappa shape index (κ2) is 9.89. The number of carbonyl (C=O) groups is 2. The number of anilines is 1. The zero-order chi connectivity index (χ0) is 20.7. The van der Waals surface area contributed by atoms with Crippen LogP contribution < -0.4 is 15.4 Å². The number of amides is 2. The fourth-order valence-corrected chi connectivity index (χ4v) is 3.68. The molecular weight excluding hydrogens is 436 g/mol. The monoisotopic (exact) mass is 460 g/mol. The predicted octanol–water partition coefficient (Wildman–Crippen LogP) is 3.65. The normalized spacial score (nSPS) is 15.4.